The third-order valence-corrected chi connectivity index (χ3v) is 5.04. The molecule has 0 aliphatic heterocycles. The summed E-state index contributed by atoms with van der Waals surface area (Å²) in [6.07, 6.45) is 4.48. The van der Waals surface area contributed by atoms with E-state index in [4.69, 9.17) is 18.9 Å². The van der Waals surface area contributed by atoms with Crippen LogP contribution in [-0.4, -0.2) is 44.5 Å². The molecule has 0 aliphatic rings. The first-order valence-electron chi connectivity index (χ1n) is 11.7. The molecule has 7 heteroatoms. The van der Waals surface area contributed by atoms with Crippen molar-refractivity contribution in [2.45, 2.75) is 38.7 Å². The average Bonchev–Trinajstić information content (AvgIpc) is 2.87. The average molecular weight is 485 g/mol. The molecular formula is C28H33FO6. The SMILES string of the molecule is C=CC(=O)OCC(COCCCCOc1ccc(-c2ccc(CCC)c(F)c2)cc1)OC(=O)C=C. The molecule has 0 fully saturated rings. The number of aryl methyl sites for hydroxylation is 1. The zero-order chi connectivity index (χ0) is 25.5. The second kappa shape index (κ2) is 15.5. The van der Waals surface area contributed by atoms with E-state index in [0.29, 0.717) is 13.2 Å². The van der Waals surface area contributed by atoms with Crippen molar-refractivity contribution in [3.63, 3.8) is 0 Å². The monoisotopic (exact) mass is 484 g/mol. The summed E-state index contributed by atoms with van der Waals surface area (Å²) in [4.78, 5) is 22.6. The van der Waals surface area contributed by atoms with Gasteiger partial charge in [-0.05, 0) is 54.2 Å². The Hall–Kier alpha value is -3.45. The molecule has 0 amide bonds. The minimum Gasteiger partial charge on any atom is -0.494 e. The first-order chi connectivity index (χ1) is 17.0. The van der Waals surface area contributed by atoms with E-state index < -0.39 is 18.0 Å². The molecule has 2 aromatic rings. The molecule has 0 saturated carbocycles. The fraction of sp³-hybridized carbons (Fsp3) is 0.357. The molecule has 1 unspecified atom stereocenters. The summed E-state index contributed by atoms with van der Waals surface area (Å²) in [5, 5.41) is 0. The quantitative estimate of drug-likeness (QED) is 0.179. The smallest absolute Gasteiger partial charge is 0.330 e. The number of ether oxygens (including phenoxy) is 4. The lowest BCUT2D eigenvalue weighted by atomic mass is 10.0. The molecule has 6 nitrogen and oxygen atoms in total. The minimum absolute atomic E-state index is 0.0896. The van der Waals surface area contributed by atoms with Crippen LogP contribution in [0.1, 0.15) is 31.7 Å². The van der Waals surface area contributed by atoms with Crippen LogP contribution in [0.5, 0.6) is 5.75 Å². The number of hydrogen-bond acceptors (Lipinski definition) is 6. The molecular weight excluding hydrogens is 451 g/mol. The highest BCUT2D eigenvalue weighted by atomic mass is 19.1. The van der Waals surface area contributed by atoms with Crippen LogP contribution in [0.4, 0.5) is 4.39 Å². The molecule has 0 radical (unpaired) electrons. The Morgan fingerprint density at radius 2 is 1.63 bits per heavy atom. The molecule has 2 aromatic carbocycles. The van der Waals surface area contributed by atoms with E-state index in [2.05, 4.69) is 13.2 Å². The molecule has 2 rings (SSSR count). The number of rotatable bonds is 16. The molecule has 1 atom stereocenters. The Kier molecular flexibility index (Phi) is 12.3. The van der Waals surface area contributed by atoms with Crippen molar-refractivity contribution >= 4 is 11.9 Å². The Balaban J connectivity index is 1.69. The van der Waals surface area contributed by atoms with Crippen LogP contribution in [0.25, 0.3) is 11.1 Å². The largest absolute Gasteiger partial charge is 0.494 e. The van der Waals surface area contributed by atoms with Gasteiger partial charge < -0.3 is 18.9 Å². The number of carbonyl (C=O) groups excluding carboxylic acids is 2. The molecule has 0 aromatic heterocycles. The summed E-state index contributed by atoms with van der Waals surface area (Å²) in [6, 6.07) is 12.9. The number of benzene rings is 2. The molecule has 0 bridgehead atoms. The third kappa shape index (κ3) is 10.1. The molecule has 0 heterocycles. The molecule has 0 N–H and O–H groups in total. The predicted octanol–water partition coefficient (Wildman–Crippen LogP) is 5.45. The van der Waals surface area contributed by atoms with Crippen molar-refractivity contribution in [1.29, 1.82) is 0 Å². The number of esters is 2. The Bertz CT molecular complexity index is 970. The van der Waals surface area contributed by atoms with Crippen molar-refractivity contribution in [3.8, 4) is 16.9 Å². The standard InChI is InChI=1S/C28H33FO6/c1-4-9-22-10-11-23(18-26(22)29)21-12-14-24(15-13-21)33-17-8-7-16-32-19-25(35-28(31)6-3)20-34-27(30)5-2/h5-6,10-15,18,25H,2-4,7-9,16-17,19-20H2,1H3. The summed E-state index contributed by atoms with van der Waals surface area (Å²) in [7, 11) is 0. The van der Waals surface area contributed by atoms with E-state index in [-0.39, 0.29) is 19.0 Å². The minimum atomic E-state index is -0.726. The normalized spacial score (nSPS) is 11.4. The van der Waals surface area contributed by atoms with Crippen LogP contribution in [-0.2, 0) is 30.2 Å². The molecule has 0 aliphatic carbocycles. The zero-order valence-corrected chi connectivity index (χ0v) is 20.2. The first kappa shape index (κ1) is 27.8. The maximum absolute atomic E-state index is 14.2. The van der Waals surface area contributed by atoms with E-state index in [1.54, 1.807) is 6.07 Å². The van der Waals surface area contributed by atoms with E-state index in [0.717, 1.165) is 60.3 Å². The molecule has 35 heavy (non-hydrogen) atoms. The van der Waals surface area contributed by atoms with Crippen LogP contribution in [0.2, 0.25) is 0 Å². The van der Waals surface area contributed by atoms with Gasteiger partial charge in [0.15, 0.2) is 6.10 Å². The van der Waals surface area contributed by atoms with Gasteiger partial charge in [0.05, 0.1) is 13.2 Å². The predicted molar refractivity (Wildman–Crippen MR) is 133 cm³/mol. The summed E-state index contributed by atoms with van der Waals surface area (Å²) in [5.74, 6) is -0.661. The Morgan fingerprint density at radius 1 is 0.943 bits per heavy atom. The van der Waals surface area contributed by atoms with Crippen LogP contribution in [0, 0.1) is 5.82 Å². The number of unbranched alkanes of at least 4 members (excludes halogenated alkanes) is 1. The Morgan fingerprint density at radius 3 is 2.29 bits per heavy atom. The maximum Gasteiger partial charge on any atom is 0.330 e. The third-order valence-electron chi connectivity index (χ3n) is 5.04. The van der Waals surface area contributed by atoms with Gasteiger partial charge in [-0.15, -0.1) is 0 Å². The summed E-state index contributed by atoms with van der Waals surface area (Å²) < 4.78 is 35.5. The van der Waals surface area contributed by atoms with Gasteiger partial charge in [-0.25, -0.2) is 14.0 Å². The van der Waals surface area contributed by atoms with Crippen LogP contribution < -0.4 is 4.74 Å². The lowest BCUT2D eigenvalue weighted by Gasteiger charge is -2.17. The van der Waals surface area contributed by atoms with Gasteiger partial charge in [0.25, 0.3) is 0 Å². The van der Waals surface area contributed by atoms with Crippen LogP contribution >= 0.6 is 0 Å². The first-order valence-corrected chi connectivity index (χ1v) is 11.7. The molecule has 188 valence electrons. The number of hydrogen-bond donors (Lipinski definition) is 0. The molecule has 0 saturated heterocycles. The van der Waals surface area contributed by atoms with Gasteiger partial charge in [0, 0.05) is 18.8 Å². The summed E-state index contributed by atoms with van der Waals surface area (Å²) in [5.41, 5.74) is 2.50. The highest BCUT2D eigenvalue weighted by Gasteiger charge is 2.15. The van der Waals surface area contributed by atoms with E-state index >= 15 is 0 Å². The summed E-state index contributed by atoms with van der Waals surface area (Å²) >= 11 is 0. The number of halogens is 1. The fourth-order valence-electron chi connectivity index (χ4n) is 3.22. The highest BCUT2D eigenvalue weighted by Crippen LogP contribution is 2.25. The molecule has 0 spiro atoms. The fourth-order valence-corrected chi connectivity index (χ4v) is 3.22. The number of carbonyl (C=O) groups is 2. The van der Waals surface area contributed by atoms with Gasteiger partial charge >= 0.3 is 11.9 Å². The second-order valence-corrected chi connectivity index (χ2v) is 7.81. The van der Waals surface area contributed by atoms with E-state index in [1.165, 1.54) is 0 Å². The van der Waals surface area contributed by atoms with Gasteiger partial charge in [-0.1, -0.05) is 50.8 Å². The van der Waals surface area contributed by atoms with E-state index in [1.807, 2.05) is 43.3 Å². The lowest BCUT2D eigenvalue weighted by Crippen LogP contribution is -2.29. The van der Waals surface area contributed by atoms with Crippen molar-refractivity contribution in [3.05, 3.63) is 79.2 Å². The Labute approximate surface area is 206 Å². The van der Waals surface area contributed by atoms with Crippen molar-refractivity contribution in [2.75, 3.05) is 26.4 Å². The highest BCUT2D eigenvalue weighted by molar-refractivity contribution is 5.82. The maximum atomic E-state index is 14.2. The van der Waals surface area contributed by atoms with Crippen LogP contribution in [0.15, 0.2) is 67.8 Å². The van der Waals surface area contributed by atoms with Gasteiger partial charge in [-0.2, -0.15) is 0 Å². The van der Waals surface area contributed by atoms with Gasteiger partial charge in [0.2, 0.25) is 0 Å². The summed E-state index contributed by atoms with van der Waals surface area (Å²) in [6.45, 7) is 9.60. The van der Waals surface area contributed by atoms with E-state index in [9.17, 15) is 14.0 Å². The van der Waals surface area contributed by atoms with Crippen molar-refractivity contribution in [1.82, 2.24) is 0 Å². The zero-order valence-electron chi connectivity index (χ0n) is 20.2. The van der Waals surface area contributed by atoms with Crippen molar-refractivity contribution in [2.24, 2.45) is 0 Å². The van der Waals surface area contributed by atoms with Gasteiger partial charge in [-0.3, -0.25) is 0 Å². The second-order valence-electron chi connectivity index (χ2n) is 7.81. The van der Waals surface area contributed by atoms with Crippen LogP contribution in [0.3, 0.4) is 0 Å². The van der Waals surface area contributed by atoms with Gasteiger partial charge in [0.1, 0.15) is 18.2 Å². The topological polar surface area (TPSA) is 71.1 Å². The lowest BCUT2D eigenvalue weighted by molar-refractivity contribution is -0.156. The van der Waals surface area contributed by atoms with Crippen molar-refractivity contribution < 1.29 is 32.9 Å².